The van der Waals surface area contributed by atoms with Crippen molar-refractivity contribution in [2.24, 2.45) is 12.5 Å². The summed E-state index contributed by atoms with van der Waals surface area (Å²) in [5.74, 6) is 0.994. The Balaban J connectivity index is 1.45. The molecule has 1 aromatic heterocycles. The summed E-state index contributed by atoms with van der Waals surface area (Å²) in [5, 5.41) is 4.81. The van der Waals surface area contributed by atoms with Crippen molar-refractivity contribution >= 4 is 23.4 Å². The number of carbonyl (C=O) groups is 2. The number of carbonyl (C=O) groups excluding carboxylic acids is 2. The van der Waals surface area contributed by atoms with Crippen LogP contribution in [-0.2, 0) is 23.1 Å². The Morgan fingerprint density at radius 1 is 1.06 bits per heavy atom. The minimum absolute atomic E-state index is 0.124. The lowest BCUT2D eigenvalue weighted by molar-refractivity contribution is -0.142. The highest BCUT2D eigenvalue weighted by Gasteiger charge is 2.41. The lowest BCUT2D eigenvalue weighted by Crippen LogP contribution is -2.51. The van der Waals surface area contributed by atoms with Gasteiger partial charge in [-0.05, 0) is 62.8 Å². The van der Waals surface area contributed by atoms with E-state index in [0.29, 0.717) is 43.2 Å². The molecule has 2 aliphatic heterocycles. The molecule has 34 heavy (non-hydrogen) atoms. The number of rotatable bonds is 8. The summed E-state index contributed by atoms with van der Waals surface area (Å²) in [7, 11) is 1.89. The van der Waals surface area contributed by atoms with Crippen LogP contribution in [0.3, 0.4) is 0 Å². The fraction of sp³-hybridized carbons (Fsp3) is 0.577. The molecule has 4 rings (SSSR count). The maximum absolute atomic E-state index is 13.3. The SMILES string of the molecule is Cn1nccc1CCC(=O)N1CCCC(COc2cccc(Cl)c2)(CC(=O)N2CCCCC2)C1. The predicted octanol–water partition coefficient (Wildman–Crippen LogP) is 4.10. The molecule has 1 unspecified atom stereocenters. The first-order valence-corrected chi connectivity index (χ1v) is 12.7. The summed E-state index contributed by atoms with van der Waals surface area (Å²) < 4.78 is 7.99. The van der Waals surface area contributed by atoms with Crippen molar-refractivity contribution in [3.05, 3.63) is 47.2 Å². The molecule has 0 saturated carbocycles. The van der Waals surface area contributed by atoms with E-state index < -0.39 is 5.41 Å². The number of piperidine rings is 2. The molecule has 0 spiro atoms. The van der Waals surface area contributed by atoms with Gasteiger partial charge in [0.15, 0.2) is 0 Å². The molecule has 1 atom stereocenters. The number of benzene rings is 1. The van der Waals surface area contributed by atoms with E-state index in [0.717, 1.165) is 51.0 Å². The van der Waals surface area contributed by atoms with Gasteiger partial charge >= 0.3 is 0 Å². The molecule has 0 bridgehead atoms. The standard InChI is InChI=1S/C26H35ClN4O3/c1-29-22(11-13-28-29)9-10-24(32)31-16-6-12-26(19-31,18-25(33)30-14-3-2-4-15-30)20-34-23-8-5-7-21(27)17-23/h5,7-8,11,13,17H,2-4,6,9-10,12,14-16,18-20H2,1H3. The Hall–Kier alpha value is -2.54. The Morgan fingerprint density at radius 2 is 1.85 bits per heavy atom. The van der Waals surface area contributed by atoms with Crippen LogP contribution >= 0.6 is 11.6 Å². The minimum Gasteiger partial charge on any atom is -0.493 e. The number of aryl methyl sites for hydroxylation is 2. The van der Waals surface area contributed by atoms with E-state index in [1.54, 1.807) is 12.3 Å². The molecule has 0 radical (unpaired) electrons. The first kappa shape index (κ1) is 24.6. The van der Waals surface area contributed by atoms with Crippen LogP contribution < -0.4 is 4.74 Å². The summed E-state index contributed by atoms with van der Waals surface area (Å²) >= 11 is 6.14. The number of amides is 2. The third kappa shape index (κ3) is 6.32. The van der Waals surface area contributed by atoms with Gasteiger partial charge in [-0.3, -0.25) is 14.3 Å². The Bertz CT molecular complexity index is 988. The molecule has 7 nitrogen and oxygen atoms in total. The van der Waals surface area contributed by atoms with E-state index >= 15 is 0 Å². The maximum Gasteiger partial charge on any atom is 0.223 e. The van der Waals surface area contributed by atoms with Crippen LogP contribution in [0.5, 0.6) is 5.75 Å². The van der Waals surface area contributed by atoms with Crippen molar-refractivity contribution in [2.75, 3.05) is 32.8 Å². The normalized spacial score (nSPS) is 20.9. The summed E-state index contributed by atoms with van der Waals surface area (Å²) in [6.45, 7) is 3.31. The molecular weight excluding hydrogens is 452 g/mol. The summed E-state index contributed by atoms with van der Waals surface area (Å²) in [5.41, 5.74) is 0.637. The third-order valence-electron chi connectivity index (χ3n) is 7.11. The highest BCUT2D eigenvalue weighted by atomic mass is 35.5. The van der Waals surface area contributed by atoms with Gasteiger partial charge in [0.05, 0.1) is 6.61 Å². The number of nitrogens with zero attached hydrogens (tertiary/aromatic N) is 4. The second-order valence-corrected chi connectivity index (χ2v) is 10.2. The van der Waals surface area contributed by atoms with Crippen LogP contribution in [-0.4, -0.2) is 64.2 Å². The van der Waals surface area contributed by atoms with E-state index in [1.165, 1.54) is 6.42 Å². The summed E-state index contributed by atoms with van der Waals surface area (Å²) in [6.07, 6.45) is 8.29. The summed E-state index contributed by atoms with van der Waals surface area (Å²) in [4.78, 5) is 30.3. The molecule has 0 aliphatic carbocycles. The van der Waals surface area contributed by atoms with E-state index in [9.17, 15) is 9.59 Å². The number of aromatic nitrogens is 2. The van der Waals surface area contributed by atoms with E-state index in [1.807, 2.05) is 45.8 Å². The van der Waals surface area contributed by atoms with Gasteiger partial charge in [-0.15, -0.1) is 0 Å². The Labute approximate surface area is 207 Å². The molecule has 3 heterocycles. The first-order chi connectivity index (χ1) is 16.4. The van der Waals surface area contributed by atoms with Crippen molar-refractivity contribution < 1.29 is 14.3 Å². The number of hydrogen-bond acceptors (Lipinski definition) is 4. The van der Waals surface area contributed by atoms with Crippen LogP contribution in [0, 0.1) is 5.41 Å². The number of ether oxygens (including phenoxy) is 1. The van der Waals surface area contributed by atoms with E-state index in [2.05, 4.69) is 5.10 Å². The Morgan fingerprint density at radius 3 is 2.59 bits per heavy atom. The van der Waals surface area contributed by atoms with Crippen molar-refractivity contribution in [3.63, 3.8) is 0 Å². The fourth-order valence-corrected chi connectivity index (χ4v) is 5.32. The number of halogens is 1. The van der Waals surface area contributed by atoms with Crippen LogP contribution in [0.15, 0.2) is 36.5 Å². The molecular formula is C26H35ClN4O3. The first-order valence-electron chi connectivity index (χ1n) is 12.3. The number of hydrogen-bond donors (Lipinski definition) is 0. The van der Waals surface area contributed by atoms with Crippen LogP contribution in [0.2, 0.25) is 5.02 Å². The molecule has 8 heteroatoms. The van der Waals surface area contributed by atoms with Gasteiger partial charge in [0.2, 0.25) is 11.8 Å². The smallest absolute Gasteiger partial charge is 0.223 e. The van der Waals surface area contributed by atoms with Crippen molar-refractivity contribution in [1.29, 1.82) is 0 Å². The zero-order valence-electron chi connectivity index (χ0n) is 20.0. The van der Waals surface area contributed by atoms with Crippen molar-refractivity contribution in [1.82, 2.24) is 19.6 Å². The van der Waals surface area contributed by atoms with Crippen molar-refractivity contribution in [2.45, 2.75) is 51.4 Å². The largest absolute Gasteiger partial charge is 0.493 e. The molecule has 2 aromatic rings. The molecule has 2 fully saturated rings. The van der Waals surface area contributed by atoms with Gasteiger partial charge in [0.25, 0.3) is 0 Å². The van der Waals surface area contributed by atoms with Gasteiger partial charge in [-0.25, -0.2) is 0 Å². The molecule has 0 N–H and O–H groups in total. The molecule has 2 aliphatic rings. The van der Waals surface area contributed by atoms with Gasteiger partial charge in [0.1, 0.15) is 5.75 Å². The predicted molar refractivity (Wildman–Crippen MR) is 132 cm³/mol. The monoisotopic (exact) mass is 486 g/mol. The van der Waals surface area contributed by atoms with E-state index in [4.69, 9.17) is 16.3 Å². The van der Waals surface area contributed by atoms with E-state index in [-0.39, 0.29) is 11.8 Å². The second-order valence-electron chi connectivity index (χ2n) is 9.73. The van der Waals surface area contributed by atoms with Crippen LogP contribution in [0.1, 0.15) is 50.6 Å². The zero-order chi connectivity index (χ0) is 24.0. The number of likely N-dealkylation sites (tertiary alicyclic amines) is 2. The van der Waals surface area contributed by atoms with Gasteiger partial charge in [0, 0.05) is 68.4 Å². The molecule has 184 valence electrons. The zero-order valence-corrected chi connectivity index (χ0v) is 20.8. The Kier molecular flexibility index (Phi) is 8.14. The topological polar surface area (TPSA) is 67.7 Å². The quantitative estimate of drug-likeness (QED) is 0.563. The van der Waals surface area contributed by atoms with Crippen LogP contribution in [0.25, 0.3) is 0 Å². The van der Waals surface area contributed by atoms with Gasteiger partial charge < -0.3 is 14.5 Å². The van der Waals surface area contributed by atoms with Gasteiger partial charge in [-0.1, -0.05) is 17.7 Å². The maximum atomic E-state index is 13.3. The van der Waals surface area contributed by atoms with Crippen LogP contribution in [0.4, 0.5) is 0 Å². The fourth-order valence-electron chi connectivity index (χ4n) is 5.14. The molecule has 2 saturated heterocycles. The minimum atomic E-state index is -0.405. The average Bonchev–Trinajstić information content (AvgIpc) is 3.26. The lowest BCUT2D eigenvalue weighted by Gasteiger charge is -2.43. The summed E-state index contributed by atoms with van der Waals surface area (Å²) in [6, 6.07) is 9.29. The second kappa shape index (κ2) is 11.3. The molecule has 1 aromatic carbocycles. The third-order valence-corrected chi connectivity index (χ3v) is 7.34. The average molecular weight is 487 g/mol. The highest BCUT2D eigenvalue weighted by molar-refractivity contribution is 6.30. The van der Waals surface area contributed by atoms with Crippen molar-refractivity contribution in [3.8, 4) is 5.75 Å². The lowest BCUT2D eigenvalue weighted by atomic mass is 9.77. The van der Waals surface area contributed by atoms with Gasteiger partial charge in [-0.2, -0.15) is 5.10 Å². The highest BCUT2D eigenvalue weighted by Crippen LogP contribution is 2.36. The molecule has 2 amide bonds.